The van der Waals surface area contributed by atoms with Gasteiger partial charge in [-0.15, -0.1) is 0 Å². The fourth-order valence-electron chi connectivity index (χ4n) is 4.58. The topological polar surface area (TPSA) is 0 Å². The standard InChI is InChI=1S/C17H30Si/c1-11-8-12(2)16-13(3)9-15(10-18(5,6)7)17(16)14(11)4/h8,13,15-17H,9-10H2,1-7H3. The second-order valence-corrected chi connectivity index (χ2v) is 13.6. The van der Waals surface area contributed by atoms with Gasteiger partial charge in [0.05, 0.1) is 0 Å². The van der Waals surface area contributed by atoms with E-state index in [2.05, 4.69) is 53.4 Å². The van der Waals surface area contributed by atoms with E-state index >= 15 is 0 Å². The van der Waals surface area contributed by atoms with Crippen LogP contribution in [0.3, 0.4) is 0 Å². The van der Waals surface area contributed by atoms with Gasteiger partial charge >= 0.3 is 0 Å². The van der Waals surface area contributed by atoms with Crippen LogP contribution in [0, 0.1) is 23.7 Å². The molecule has 0 amide bonds. The summed E-state index contributed by atoms with van der Waals surface area (Å²) in [5.74, 6) is 3.54. The molecule has 0 aromatic heterocycles. The van der Waals surface area contributed by atoms with Crippen LogP contribution >= 0.6 is 0 Å². The van der Waals surface area contributed by atoms with Crippen molar-refractivity contribution in [1.82, 2.24) is 0 Å². The smallest absolute Gasteiger partial charge is 0.0445 e. The average Bonchev–Trinajstić information content (AvgIpc) is 2.49. The van der Waals surface area contributed by atoms with Gasteiger partial charge in [-0.25, -0.2) is 0 Å². The summed E-state index contributed by atoms with van der Waals surface area (Å²) in [6.07, 6.45) is 3.90. The summed E-state index contributed by atoms with van der Waals surface area (Å²) in [7, 11) is -0.944. The third kappa shape index (κ3) is 2.52. The Kier molecular flexibility index (Phi) is 3.66. The summed E-state index contributed by atoms with van der Waals surface area (Å²) < 4.78 is 0. The van der Waals surface area contributed by atoms with Crippen LogP contribution in [0.5, 0.6) is 0 Å². The van der Waals surface area contributed by atoms with E-state index in [1.54, 1.807) is 16.7 Å². The molecule has 0 radical (unpaired) electrons. The van der Waals surface area contributed by atoms with Crippen LogP contribution in [0.4, 0.5) is 0 Å². The van der Waals surface area contributed by atoms with Gasteiger partial charge in [0, 0.05) is 8.07 Å². The first-order valence-electron chi connectivity index (χ1n) is 7.56. The molecule has 1 saturated carbocycles. The van der Waals surface area contributed by atoms with Crippen LogP contribution in [-0.4, -0.2) is 8.07 Å². The highest BCUT2D eigenvalue weighted by Gasteiger charge is 2.45. The molecule has 102 valence electrons. The van der Waals surface area contributed by atoms with Crippen LogP contribution in [0.1, 0.15) is 34.1 Å². The second kappa shape index (κ2) is 4.66. The Morgan fingerprint density at radius 1 is 1.11 bits per heavy atom. The van der Waals surface area contributed by atoms with Gasteiger partial charge in [-0.3, -0.25) is 0 Å². The van der Waals surface area contributed by atoms with Crippen LogP contribution < -0.4 is 0 Å². The van der Waals surface area contributed by atoms with E-state index in [1.165, 1.54) is 12.5 Å². The van der Waals surface area contributed by atoms with Gasteiger partial charge in [0.2, 0.25) is 0 Å². The highest BCUT2D eigenvalue weighted by molar-refractivity contribution is 6.76. The second-order valence-electron chi connectivity index (χ2n) is 8.04. The molecule has 4 unspecified atom stereocenters. The number of hydrogen-bond donors (Lipinski definition) is 0. The first kappa shape index (κ1) is 14.1. The van der Waals surface area contributed by atoms with Crippen molar-refractivity contribution >= 4 is 8.07 Å². The van der Waals surface area contributed by atoms with Crippen molar-refractivity contribution in [3.8, 4) is 0 Å². The van der Waals surface area contributed by atoms with Gasteiger partial charge < -0.3 is 0 Å². The molecule has 2 rings (SSSR count). The summed E-state index contributed by atoms with van der Waals surface area (Å²) in [5.41, 5.74) is 4.88. The first-order chi connectivity index (χ1) is 8.20. The van der Waals surface area contributed by atoms with E-state index in [-0.39, 0.29) is 0 Å². The zero-order valence-electron chi connectivity index (χ0n) is 13.3. The van der Waals surface area contributed by atoms with Crippen LogP contribution in [0.2, 0.25) is 25.7 Å². The molecule has 1 fully saturated rings. The van der Waals surface area contributed by atoms with Crippen molar-refractivity contribution < 1.29 is 0 Å². The van der Waals surface area contributed by atoms with Crippen molar-refractivity contribution in [2.75, 3.05) is 0 Å². The lowest BCUT2D eigenvalue weighted by Gasteiger charge is -2.34. The fraction of sp³-hybridized carbons (Fsp3) is 0.765. The molecule has 0 aliphatic heterocycles. The molecule has 18 heavy (non-hydrogen) atoms. The SMILES string of the molecule is CC1=CC(C)=C(C)C2C(C[Si](C)(C)C)CC(C)C12. The van der Waals surface area contributed by atoms with E-state index in [9.17, 15) is 0 Å². The van der Waals surface area contributed by atoms with Crippen molar-refractivity contribution in [3.63, 3.8) is 0 Å². The van der Waals surface area contributed by atoms with Crippen molar-refractivity contribution in [1.29, 1.82) is 0 Å². The highest BCUT2D eigenvalue weighted by Crippen LogP contribution is 2.53. The quantitative estimate of drug-likeness (QED) is 0.576. The lowest BCUT2D eigenvalue weighted by molar-refractivity contribution is 0.382. The molecule has 0 bridgehead atoms. The predicted octanol–water partition coefficient (Wildman–Crippen LogP) is 5.51. The zero-order valence-corrected chi connectivity index (χ0v) is 14.3. The molecule has 4 atom stereocenters. The van der Waals surface area contributed by atoms with E-state index < -0.39 is 8.07 Å². The molecule has 2 aliphatic carbocycles. The minimum Gasteiger partial charge on any atom is -0.0695 e. The summed E-state index contributed by atoms with van der Waals surface area (Å²) in [5, 5.41) is 0. The maximum absolute atomic E-state index is 2.53. The Hall–Kier alpha value is -0.303. The fourth-order valence-corrected chi connectivity index (χ4v) is 6.58. The molecule has 0 nitrogen and oxygen atoms in total. The molecule has 2 aliphatic rings. The largest absolute Gasteiger partial charge is 0.0695 e. The Morgan fingerprint density at radius 3 is 2.28 bits per heavy atom. The van der Waals surface area contributed by atoms with Crippen molar-refractivity contribution in [2.45, 2.75) is 59.8 Å². The van der Waals surface area contributed by atoms with E-state index in [4.69, 9.17) is 0 Å². The normalized spacial score (nSPS) is 36.7. The number of rotatable bonds is 2. The maximum atomic E-state index is 2.53. The van der Waals surface area contributed by atoms with Gasteiger partial charge in [-0.05, 0) is 50.9 Å². The highest BCUT2D eigenvalue weighted by atomic mass is 28.3. The summed E-state index contributed by atoms with van der Waals surface area (Å²) in [6.45, 7) is 17.1. The summed E-state index contributed by atoms with van der Waals surface area (Å²) >= 11 is 0. The third-order valence-electron chi connectivity index (χ3n) is 5.15. The average molecular weight is 263 g/mol. The van der Waals surface area contributed by atoms with Gasteiger partial charge in [-0.1, -0.05) is 55.4 Å². The monoisotopic (exact) mass is 262 g/mol. The predicted molar refractivity (Wildman–Crippen MR) is 84.5 cm³/mol. The molecular formula is C17H30Si. The molecule has 0 N–H and O–H groups in total. The van der Waals surface area contributed by atoms with Crippen molar-refractivity contribution in [2.24, 2.45) is 23.7 Å². The number of allylic oxidation sites excluding steroid dienone is 4. The third-order valence-corrected chi connectivity index (χ3v) is 6.90. The Balaban J connectivity index is 2.31. The summed E-state index contributed by atoms with van der Waals surface area (Å²) in [4.78, 5) is 0. The minimum absolute atomic E-state index is 0.843. The first-order valence-corrected chi connectivity index (χ1v) is 11.3. The van der Waals surface area contributed by atoms with Gasteiger partial charge in [0.15, 0.2) is 0 Å². The zero-order chi connectivity index (χ0) is 13.7. The maximum Gasteiger partial charge on any atom is 0.0445 e. The van der Waals surface area contributed by atoms with Crippen molar-refractivity contribution in [3.05, 3.63) is 22.8 Å². The van der Waals surface area contributed by atoms with Gasteiger partial charge in [-0.2, -0.15) is 0 Å². The molecule has 0 aromatic rings. The van der Waals surface area contributed by atoms with E-state index in [0.717, 1.165) is 23.7 Å². The molecule has 1 heteroatoms. The number of hydrogen-bond acceptors (Lipinski definition) is 0. The van der Waals surface area contributed by atoms with Crippen LogP contribution in [0.25, 0.3) is 0 Å². The Labute approximate surface area is 115 Å². The summed E-state index contributed by atoms with van der Waals surface area (Å²) in [6, 6.07) is 1.51. The van der Waals surface area contributed by atoms with Gasteiger partial charge in [0.25, 0.3) is 0 Å². The van der Waals surface area contributed by atoms with E-state index in [1.807, 2.05) is 0 Å². The Morgan fingerprint density at radius 2 is 1.72 bits per heavy atom. The molecular weight excluding hydrogens is 232 g/mol. The molecule has 0 spiro atoms. The number of fused-ring (bicyclic) bond motifs is 1. The molecule has 0 heterocycles. The van der Waals surface area contributed by atoms with Crippen LogP contribution in [0.15, 0.2) is 22.8 Å². The van der Waals surface area contributed by atoms with Crippen LogP contribution in [-0.2, 0) is 0 Å². The Bertz CT molecular complexity index is 394. The van der Waals surface area contributed by atoms with E-state index in [0.29, 0.717) is 0 Å². The molecule has 0 saturated heterocycles. The lowest BCUT2D eigenvalue weighted by atomic mass is 9.73. The minimum atomic E-state index is -0.944. The van der Waals surface area contributed by atoms with Gasteiger partial charge in [0.1, 0.15) is 0 Å². The lowest BCUT2D eigenvalue weighted by Crippen LogP contribution is -2.29. The molecule has 0 aromatic carbocycles.